The van der Waals surface area contributed by atoms with E-state index < -0.39 is 0 Å². The van der Waals surface area contributed by atoms with Crippen LogP contribution in [0.25, 0.3) is 5.78 Å². The van der Waals surface area contributed by atoms with E-state index in [0.717, 1.165) is 39.5 Å². The van der Waals surface area contributed by atoms with Gasteiger partial charge in [-0.3, -0.25) is 0 Å². The third-order valence-corrected chi connectivity index (χ3v) is 4.85. The molecular formula is C17H18BrN5O2. The van der Waals surface area contributed by atoms with Crippen molar-refractivity contribution in [2.75, 3.05) is 18.5 Å². The summed E-state index contributed by atoms with van der Waals surface area (Å²) >= 11 is 3.64. The van der Waals surface area contributed by atoms with Crippen LogP contribution in [0.5, 0.6) is 11.5 Å². The summed E-state index contributed by atoms with van der Waals surface area (Å²) in [6.07, 6.45) is 2.34. The monoisotopic (exact) mass is 403 g/mol. The summed E-state index contributed by atoms with van der Waals surface area (Å²) in [7, 11) is 0. The molecule has 130 valence electrons. The van der Waals surface area contributed by atoms with Crippen molar-refractivity contribution >= 4 is 27.5 Å². The highest BCUT2D eigenvalue weighted by atomic mass is 79.9. The molecule has 1 aromatic carbocycles. The minimum absolute atomic E-state index is 0.0182. The van der Waals surface area contributed by atoms with Crippen molar-refractivity contribution in [2.45, 2.75) is 26.3 Å². The molecule has 0 spiro atoms. The highest BCUT2D eigenvalue weighted by molar-refractivity contribution is 9.10. The Morgan fingerprint density at radius 2 is 2.00 bits per heavy atom. The lowest BCUT2D eigenvalue weighted by Crippen LogP contribution is -2.17. The average molecular weight is 404 g/mol. The van der Waals surface area contributed by atoms with Crippen LogP contribution in [-0.4, -0.2) is 32.8 Å². The first-order chi connectivity index (χ1) is 12.2. The molecule has 1 aliphatic heterocycles. The summed E-state index contributed by atoms with van der Waals surface area (Å²) in [5, 5.41) is 7.76. The van der Waals surface area contributed by atoms with Crippen molar-refractivity contribution in [1.82, 2.24) is 19.6 Å². The minimum atomic E-state index is 0.0182. The number of nitrogens with zero attached hydrogens (tertiary/aromatic N) is 4. The molecule has 0 aliphatic carbocycles. The van der Waals surface area contributed by atoms with Gasteiger partial charge in [-0.15, -0.1) is 0 Å². The van der Waals surface area contributed by atoms with Gasteiger partial charge in [-0.25, -0.2) is 4.98 Å². The summed E-state index contributed by atoms with van der Waals surface area (Å²) < 4.78 is 14.0. The summed E-state index contributed by atoms with van der Waals surface area (Å²) in [6.45, 7) is 5.30. The molecule has 0 fully saturated rings. The largest absolute Gasteiger partial charge is 0.486 e. The zero-order valence-corrected chi connectivity index (χ0v) is 15.6. The molecule has 3 heterocycles. The van der Waals surface area contributed by atoms with Gasteiger partial charge in [-0.2, -0.15) is 14.6 Å². The van der Waals surface area contributed by atoms with E-state index in [0.29, 0.717) is 19.0 Å². The van der Waals surface area contributed by atoms with E-state index in [1.54, 1.807) is 4.52 Å². The third-order valence-electron chi connectivity index (χ3n) is 4.16. The van der Waals surface area contributed by atoms with Crippen molar-refractivity contribution in [2.24, 2.45) is 0 Å². The maximum absolute atomic E-state index is 5.70. The van der Waals surface area contributed by atoms with Gasteiger partial charge in [0.2, 0.25) is 0 Å². The molecule has 0 radical (unpaired) electrons. The molecule has 1 N–H and O–H groups in total. The zero-order valence-electron chi connectivity index (χ0n) is 14.0. The van der Waals surface area contributed by atoms with Crippen molar-refractivity contribution in [3.63, 3.8) is 0 Å². The van der Waals surface area contributed by atoms with Gasteiger partial charge in [0.15, 0.2) is 11.5 Å². The van der Waals surface area contributed by atoms with Crippen molar-refractivity contribution in [3.8, 4) is 11.5 Å². The number of anilines is 1. The van der Waals surface area contributed by atoms with Gasteiger partial charge >= 0.3 is 0 Å². The maximum Gasteiger partial charge on any atom is 0.254 e. The molecule has 2 aromatic heterocycles. The van der Waals surface area contributed by atoms with Crippen LogP contribution >= 0.6 is 15.9 Å². The summed E-state index contributed by atoms with van der Waals surface area (Å²) in [6, 6.07) is 5.99. The van der Waals surface area contributed by atoms with Gasteiger partial charge in [-0.05, 0) is 31.0 Å². The van der Waals surface area contributed by atoms with Crippen LogP contribution in [0.3, 0.4) is 0 Å². The van der Waals surface area contributed by atoms with Crippen LogP contribution < -0.4 is 14.8 Å². The number of ether oxygens (including phenoxy) is 2. The number of halogens is 1. The van der Waals surface area contributed by atoms with Crippen molar-refractivity contribution in [1.29, 1.82) is 0 Å². The van der Waals surface area contributed by atoms with E-state index in [1.807, 2.05) is 18.2 Å². The Balaban J connectivity index is 1.68. The molecule has 0 bridgehead atoms. The van der Waals surface area contributed by atoms with E-state index >= 15 is 0 Å². The van der Waals surface area contributed by atoms with Crippen LogP contribution in [0.4, 0.5) is 5.82 Å². The van der Waals surface area contributed by atoms with Gasteiger partial charge in [0, 0.05) is 16.2 Å². The molecule has 1 unspecified atom stereocenters. The number of aromatic nitrogens is 4. The van der Waals surface area contributed by atoms with Crippen molar-refractivity contribution in [3.05, 3.63) is 40.3 Å². The molecule has 1 atom stereocenters. The Hall–Kier alpha value is -2.35. The first-order valence-corrected chi connectivity index (χ1v) is 9.00. The van der Waals surface area contributed by atoms with Crippen LogP contribution in [-0.2, 0) is 6.42 Å². The lowest BCUT2D eigenvalue weighted by molar-refractivity contribution is 0.171. The number of benzene rings is 1. The maximum atomic E-state index is 5.70. The standard InChI is InChI=1S/C17H18BrN5O2/c1-3-11-6-16(23-17(22-11)19-9-20-23)21-10(2)12-7-14-15(8-13(12)18)25-5-4-24-14/h6-10,21H,3-5H2,1-2H3. The first kappa shape index (κ1) is 16.1. The highest BCUT2D eigenvalue weighted by Gasteiger charge is 2.19. The molecule has 4 rings (SSSR count). The number of hydrogen-bond acceptors (Lipinski definition) is 6. The number of nitrogens with one attached hydrogen (secondary N) is 1. The highest BCUT2D eigenvalue weighted by Crippen LogP contribution is 2.38. The van der Waals surface area contributed by atoms with Gasteiger partial charge in [0.25, 0.3) is 5.78 Å². The Kier molecular flexibility index (Phi) is 4.20. The summed E-state index contributed by atoms with van der Waals surface area (Å²) in [5.41, 5.74) is 2.05. The first-order valence-electron chi connectivity index (χ1n) is 8.21. The zero-order chi connectivity index (χ0) is 17.4. The van der Waals surface area contributed by atoms with Gasteiger partial charge in [0.1, 0.15) is 25.4 Å². The summed E-state index contributed by atoms with van der Waals surface area (Å²) in [5.74, 6) is 2.99. The fourth-order valence-corrected chi connectivity index (χ4v) is 3.52. The van der Waals surface area contributed by atoms with Crippen LogP contribution in [0.2, 0.25) is 0 Å². The fraction of sp³-hybridized carbons (Fsp3) is 0.353. The predicted molar refractivity (Wildman–Crippen MR) is 97.3 cm³/mol. The Bertz CT molecular complexity index is 927. The van der Waals surface area contributed by atoms with Gasteiger partial charge in [0.05, 0.1) is 6.04 Å². The Labute approximate surface area is 153 Å². The topological polar surface area (TPSA) is 73.6 Å². The normalized spacial score (nSPS) is 14.5. The number of aryl methyl sites for hydroxylation is 1. The van der Waals surface area contributed by atoms with Crippen LogP contribution in [0.1, 0.15) is 31.1 Å². The molecule has 0 amide bonds. The minimum Gasteiger partial charge on any atom is -0.486 e. The lowest BCUT2D eigenvalue weighted by atomic mass is 10.1. The molecule has 3 aromatic rings. The van der Waals surface area contributed by atoms with Crippen LogP contribution in [0, 0.1) is 0 Å². The van der Waals surface area contributed by atoms with E-state index in [1.165, 1.54) is 6.33 Å². The van der Waals surface area contributed by atoms with Crippen molar-refractivity contribution < 1.29 is 9.47 Å². The molecule has 8 heteroatoms. The van der Waals surface area contributed by atoms with Gasteiger partial charge in [-0.1, -0.05) is 22.9 Å². The molecule has 0 saturated heterocycles. The number of hydrogen-bond donors (Lipinski definition) is 1. The molecule has 1 aliphatic rings. The fourth-order valence-electron chi connectivity index (χ4n) is 2.86. The number of fused-ring (bicyclic) bond motifs is 2. The molecule has 25 heavy (non-hydrogen) atoms. The van der Waals surface area contributed by atoms with E-state index in [9.17, 15) is 0 Å². The third kappa shape index (κ3) is 3.02. The predicted octanol–water partition coefficient (Wildman–Crippen LogP) is 3.39. The van der Waals surface area contributed by atoms with E-state index in [-0.39, 0.29) is 6.04 Å². The smallest absolute Gasteiger partial charge is 0.254 e. The second-order valence-corrected chi connectivity index (χ2v) is 6.70. The Morgan fingerprint density at radius 3 is 2.76 bits per heavy atom. The van der Waals surface area contributed by atoms with E-state index in [2.05, 4.69) is 50.2 Å². The Morgan fingerprint density at radius 1 is 1.24 bits per heavy atom. The van der Waals surface area contributed by atoms with Crippen LogP contribution in [0.15, 0.2) is 29.0 Å². The average Bonchev–Trinajstić information content (AvgIpc) is 3.09. The summed E-state index contributed by atoms with van der Waals surface area (Å²) in [4.78, 5) is 8.67. The molecule has 0 saturated carbocycles. The molecule has 7 nitrogen and oxygen atoms in total. The lowest BCUT2D eigenvalue weighted by Gasteiger charge is -2.23. The molecular weight excluding hydrogens is 386 g/mol. The second-order valence-electron chi connectivity index (χ2n) is 5.84. The second kappa shape index (κ2) is 6.51. The van der Waals surface area contributed by atoms with Gasteiger partial charge < -0.3 is 14.8 Å². The quantitative estimate of drug-likeness (QED) is 0.719. The SMILES string of the molecule is CCc1cc(NC(C)c2cc3c(cc2Br)OCCO3)n2ncnc2n1. The number of rotatable bonds is 4. The van der Waals surface area contributed by atoms with E-state index in [4.69, 9.17) is 9.47 Å².